The van der Waals surface area contributed by atoms with Crippen LogP contribution in [0.3, 0.4) is 0 Å². The molecule has 1 atom stereocenters. The Kier molecular flexibility index (Phi) is 15.7. The quantitative estimate of drug-likeness (QED) is 0.205. The Balaban J connectivity index is 4.12. The van der Waals surface area contributed by atoms with E-state index in [-0.39, 0.29) is 5.75 Å². The van der Waals surface area contributed by atoms with Crippen molar-refractivity contribution >= 4 is 10.1 Å². The highest BCUT2D eigenvalue weighted by Crippen LogP contribution is 2.11. The Labute approximate surface area is 161 Å². The van der Waals surface area contributed by atoms with Crippen LogP contribution in [0.5, 0.6) is 0 Å². The lowest BCUT2D eigenvalue weighted by Crippen LogP contribution is -2.48. The molecule has 0 aliphatic carbocycles. The van der Waals surface area contributed by atoms with Gasteiger partial charge in [-0.05, 0) is 19.3 Å². The fraction of sp³-hybridized carbons (Fsp3) is 1.00. The summed E-state index contributed by atoms with van der Waals surface area (Å²) in [6.45, 7) is 9.63. The van der Waals surface area contributed by atoms with Crippen LogP contribution in [-0.4, -0.2) is 76.3 Å². The summed E-state index contributed by atoms with van der Waals surface area (Å²) in [4.78, 5) is 0. The van der Waals surface area contributed by atoms with Crippen molar-refractivity contribution in [2.75, 3.05) is 58.9 Å². The van der Waals surface area contributed by atoms with Gasteiger partial charge in [0.25, 0.3) is 10.1 Å². The fourth-order valence-corrected chi connectivity index (χ4v) is 3.41. The van der Waals surface area contributed by atoms with Crippen molar-refractivity contribution in [3.63, 3.8) is 0 Å². The van der Waals surface area contributed by atoms with E-state index in [2.05, 4.69) is 20.9 Å². The van der Waals surface area contributed by atoms with E-state index in [1.165, 1.54) is 25.7 Å². The summed E-state index contributed by atoms with van der Waals surface area (Å²) in [6.07, 6.45) is 8.81. The number of ether oxygens (including phenoxy) is 2. The average Bonchev–Trinajstić information content (AvgIpc) is 2.56. The highest BCUT2D eigenvalue weighted by atomic mass is 32.2. The second-order valence-corrected chi connectivity index (χ2v) is 8.99. The minimum Gasteiger partial charge on any atom is -0.379 e. The van der Waals surface area contributed by atoms with Crippen LogP contribution in [0.25, 0.3) is 0 Å². The highest BCUT2D eigenvalue weighted by Gasteiger charge is 2.21. The van der Waals surface area contributed by atoms with Gasteiger partial charge in [0.2, 0.25) is 0 Å². The number of nitrogens with zero attached hydrogens (tertiary/aromatic N) is 1. The van der Waals surface area contributed by atoms with E-state index in [1.54, 1.807) is 0 Å². The van der Waals surface area contributed by atoms with Crippen molar-refractivity contribution in [3.05, 3.63) is 0 Å². The molecule has 26 heavy (non-hydrogen) atoms. The lowest BCUT2D eigenvalue weighted by Gasteiger charge is -2.34. The summed E-state index contributed by atoms with van der Waals surface area (Å²) < 4.78 is 42.9. The zero-order valence-corrected chi connectivity index (χ0v) is 18.1. The lowest BCUT2D eigenvalue weighted by atomic mass is 10.1. The molecule has 158 valence electrons. The summed E-state index contributed by atoms with van der Waals surface area (Å²) >= 11 is 0. The molecule has 0 spiro atoms. The molecule has 0 amide bonds. The molecule has 0 aromatic rings. The van der Waals surface area contributed by atoms with Gasteiger partial charge in [-0.1, -0.05) is 39.5 Å². The van der Waals surface area contributed by atoms with Crippen LogP contribution >= 0.6 is 0 Å². The number of hydrogen-bond donors (Lipinski definition) is 1. The summed E-state index contributed by atoms with van der Waals surface area (Å²) in [6, 6.07) is 0. The van der Waals surface area contributed by atoms with E-state index in [4.69, 9.17) is 14.0 Å². The van der Waals surface area contributed by atoms with Crippen LogP contribution in [0.4, 0.5) is 0 Å². The molecule has 0 aliphatic rings. The SMILES string of the molecule is CCCCCCC[N+](C)(CCCS(=O)(=O)O)CCOCCOCCCC. The third kappa shape index (κ3) is 17.2. The van der Waals surface area contributed by atoms with E-state index in [0.29, 0.717) is 26.2 Å². The van der Waals surface area contributed by atoms with Crippen LogP contribution in [0.15, 0.2) is 0 Å². The van der Waals surface area contributed by atoms with Gasteiger partial charge in [0, 0.05) is 13.0 Å². The van der Waals surface area contributed by atoms with Crippen LogP contribution in [0.1, 0.15) is 65.2 Å². The molecule has 1 N–H and O–H groups in total. The van der Waals surface area contributed by atoms with E-state index in [1.807, 2.05) is 0 Å². The number of likely N-dealkylation sites (N-methyl/N-ethyl adjacent to an activating group) is 1. The van der Waals surface area contributed by atoms with Crippen LogP contribution in [0.2, 0.25) is 0 Å². The first-order valence-corrected chi connectivity index (χ1v) is 11.9. The second-order valence-electron chi connectivity index (χ2n) is 7.42. The van der Waals surface area contributed by atoms with Crippen molar-refractivity contribution in [2.45, 2.75) is 65.2 Å². The van der Waals surface area contributed by atoms with E-state index < -0.39 is 10.1 Å². The smallest absolute Gasteiger partial charge is 0.265 e. The predicted octanol–water partition coefficient (Wildman–Crippen LogP) is 3.51. The summed E-state index contributed by atoms with van der Waals surface area (Å²) in [5, 5.41) is 0. The maximum Gasteiger partial charge on any atom is 0.265 e. The zero-order valence-electron chi connectivity index (χ0n) is 17.2. The van der Waals surface area contributed by atoms with E-state index in [0.717, 1.165) is 50.0 Å². The standard InChI is InChI=1S/C19H41NO5S/c1-4-6-8-9-10-12-20(3,13-11-19-26(21,22)23)14-16-25-18-17-24-15-7-5-2/h4-19H2,1-3H3/p+1. The van der Waals surface area contributed by atoms with Crippen LogP contribution < -0.4 is 0 Å². The Hall–Kier alpha value is -0.210. The lowest BCUT2D eigenvalue weighted by molar-refractivity contribution is -0.910. The molecule has 0 saturated heterocycles. The van der Waals surface area contributed by atoms with Crippen LogP contribution in [-0.2, 0) is 19.6 Å². The van der Waals surface area contributed by atoms with Crippen molar-refractivity contribution in [3.8, 4) is 0 Å². The minimum absolute atomic E-state index is 0.164. The molecule has 0 rings (SSSR count). The average molecular weight is 397 g/mol. The number of hydrogen-bond acceptors (Lipinski definition) is 4. The number of quaternary nitrogens is 1. The largest absolute Gasteiger partial charge is 0.379 e. The van der Waals surface area contributed by atoms with Gasteiger partial charge >= 0.3 is 0 Å². The molecule has 1 unspecified atom stereocenters. The third-order valence-corrected chi connectivity index (χ3v) is 5.50. The highest BCUT2D eigenvalue weighted by molar-refractivity contribution is 7.85. The van der Waals surface area contributed by atoms with Crippen molar-refractivity contribution < 1.29 is 26.9 Å². The van der Waals surface area contributed by atoms with Gasteiger partial charge in [-0.25, -0.2) is 0 Å². The summed E-state index contributed by atoms with van der Waals surface area (Å²) in [5.41, 5.74) is 0. The van der Waals surface area contributed by atoms with Gasteiger partial charge in [0.1, 0.15) is 6.54 Å². The monoisotopic (exact) mass is 396 g/mol. The topological polar surface area (TPSA) is 72.8 Å². The molecule has 0 radical (unpaired) electrons. The van der Waals surface area contributed by atoms with Gasteiger partial charge < -0.3 is 14.0 Å². The first kappa shape index (κ1) is 25.8. The molecule has 0 aromatic carbocycles. The van der Waals surface area contributed by atoms with Gasteiger partial charge in [0.15, 0.2) is 0 Å². The molecule has 0 aromatic heterocycles. The number of unbranched alkanes of at least 4 members (excludes halogenated alkanes) is 5. The van der Waals surface area contributed by atoms with Gasteiger partial charge in [-0.15, -0.1) is 0 Å². The van der Waals surface area contributed by atoms with Crippen molar-refractivity contribution in [2.24, 2.45) is 0 Å². The van der Waals surface area contributed by atoms with E-state index >= 15 is 0 Å². The molecule has 0 bridgehead atoms. The third-order valence-electron chi connectivity index (χ3n) is 4.69. The molecule has 6 nitrogen and oxygen atoms in total. The first-order chi connectivity index (χ1) is 12.3. The Morgan fingerprint density at radius 1 is 0.731 bits per heavy atom. The minimum atomic E-state index is -3.88. The van der Waals surface area contributed by atoms with Crippen molar-refractivity contribution in [1.82, 2.24) is 0 Å². The normalized spacial score (nSPS) is 14.5. The van der Waals surface area contributed by atoms with Gasteiger partial charge in [-0.2, -0.15) is 8.42 Å². The molecule has 7 heteroatoms. The van der Waals surface area contributed by atoms with Gasteiger partial charge in [-0.3, -0.25) is 4.55 Å². The number of rotatable bonds is 19. The Morgan fingerprint density at radius 2 is 1.31 bits per heavy atom. The fourth-order valence-electron chi connectivity index (χ4n) is 2.91. The molecule has 0 heterocycles. The molecular formula is C19H42NO5S+. The summed E-state index contributed by atoms with van der Waals surface area (Å²) in [5.74, 6) is -0.164. The molecule has 0 aliphatic heterocycles. The molecule has 0 saturated carbocycles. The molecular weight excluding hydrogens is 354 g/mol. The maximum absolute atomic E-state index is 11.0. The van der Waals surface area contributed by atoms with Crippen molar-refractivity contribution in [1.29, 1.82) is 0 Å². The first-order valence-electron chi connectivity index (χ1n) is 10.3. The van der Waals surface area contributed by atoms with Crippen LogP contribution in [0, 0.1) is 0 Å². The zero-order chi connectivity index (χ0) is 19.7. The molecule has 0 fully saturated rings. The predicted molar refractivity (Wildman–Crippen MR) is 107 cm³/mol. The summed E-state index contributed by atoms with van der Waals surface area (Å²) in [7, 11) is -1.72. The second kappa shape index (κ2) is 15.8. The van der Waals surface area contributed by atoms with E-state index in [9.17, 15) is 8.42 Å². The Bertz CT molecular complexity index is 416. The van der Waals surface area contributed by atoms with Gasteiger partial charge in [0.05, 0.1) is 45.7 Å². The Morgan fingerprint density at radius 3 is 1.92 bits per heavy atom. The maximum atomic E-state index is 11.0.